The van der Waals surface area contributed by atoms with Crippen LogP contribution in [0.2, 0.25) is 10.0 Å². The molecule has 0 fully saturated rings. The summed E-state index contributed by atoms with van der Waals surface area (Å²) in [4.78, 5) is 37.7. The lowest BCUT2D eigenvalue weighted by Crippen LogP contribution is -2.35. The summed E-state index contributed by atoms with van der Waals surface area (Å²) in [5.41, 5.74) is 0.959. The Morgan fingerprint density at radius 1 is 0.875 bits per heavy atom. The fourth-order valence-electron chi connectivity index (χ4n) is 2.87. The molecule has 0 aliphatic heterocycles. The monoisotopic (exact) mass is 473 g/mol. The van der Waals surface area contributed by atoms with E-state index in [2.05, 4.69) is 5.32 Å². The first-order valence-corrected chi connectivity index (χ1v) is 10.3. The zero-order valence-corrected chi connectivity index (χ0v) is 18.2. The van der Waals surface area contributed by atoms with Crippen molar-refractivity contribution < 1.29 is 23.5 Å². The number of anilines is 1. The molecular formula is C24H18Cl2FNO4. The number of halogens is 3. The van der Waals surface area contributed by atoms with E-state index >= 15 is 0 Å². The number of ketones is 2. The van der Waals surface area contributed by atoms with Gasteiger partial charge in [0, 0.05) is 22.6 Å². The summed E-state index contributed by atoms with van der Waals surface area (Å²) in [6, 6.07) is 16.9. The largest absolute Gasteiger partial charge is 0.456 e. The molecule has 1 atom stereocenters. The molecule has 164 valence electrons. The maximum absolute atomic E-state index is 13.0. The smallest absolute Gasteiger partial charge is 0.329 e. The Kier molecular flexibility index (Phi) is 7.98. The Morgan fingerprint density at radius 3 is 2.22 bits per heavy atom. The molecule has 5 nitrogen and oxygen atoms in total. The normalized spacial score (nSPS) is 11.5. The molecule has 0 bridgehead atoms. The second-order valence-electron chi connectivity index (χ2n) is 6.85. The summed E-state index contributed by atoms with van der Waals surface area (Å²) < 4.78 is 18.2. The number of hydrogen-bond donors (Lipinski definition) is 1. The van der Waals surface area contributed by atoms with Gasteiger partial charge in [0.15, 0.2) is 18.2 Å². The summed E-state index contributed by atoms with van der Waals surface area (Å²) in [5.74, 6) is -2.11. The Labute approximate surface area is 194 Å². The Bertz CT molecular complexity index is 1120. The molecular weight excluding hydrogens is 456 g/mol. The molecule has 3 rings (SSSR count). The fourth-order valence-corrected chi connectivity index (χ4v) is 3.22. The van der Waals surface area contributed by atoms with Crippen LogP contribution in [-0.4, -0.2) is 30.2 Å². The number of nitrogens with one attached hydrogen (secondary N) is 1. The van der Waals surface area contributed by atoms with Crippen LogP contribution in [0.3, 0.4) is 0 Å². The summed E-state index contributed by atoms with van der Waals surface area (Å²) in [5, 5.41) is 3.56. The number of hydrogen-bond acceptors (Lipinski definition) is 5. The molecule has 0 saturated heterocycles. The third-order valence-electron chi connectivity index (χ3n) is 4.54. The molecule has 3 aromatic carbocycles. The molecule has 32 heavy (non-hydrogen) atoms. The summed E-state index contributed by atoms with van der Waals surface area (Å²) in [6.45, 7) is -0.564. The minimum Gasteiger partial charge on any atom is -0.456 e. The van der Waals surface area contributed by atoms with Crippen molar-refractivity contribution in [2.45, 2.75) is 12.5 Å². The molecule has 8 heteroatoms. The summed E-state index contributed by atoms with van der Waals surface area (Å²) in [7, 11) is 0. The van der Waals surface area contributed by atoms with Crippen molar-refractivity contribution in [2.24, 2.45) is 0 Å². The Balaban J connectivity index is 1.74. The van der Waals surface area contributed by atoms with E-state index in [9.17, 15) is 18.8 Å². The second-order valence-corrected chi connectivity index (χ2v) is 7.70. The number of Topliss-reactive ketones (excluding diaryl/α,β-unsaturated/α-hetero) is 2. The van der Waals surface area contributed by atoms with Gasteiger partial charge in [-0.2, -0.15) is 0 Å². The highest BCUT2D eigenvalue weighted by molar-refractivity contribution is 6.35. The molecule has 1 N–H and O–H groups in total. The lowest BCUT2D eigenvalue weighted by molar-refractivity contribution is -0.143. The third kappa shape index (κ3) is 6.39. The highest BCUT2D eigenvalue weighted by Gasteiger charge is 2.26. The van der Waals surface area contributed by atoms with Crippen molar-refractivity contribution in [3.8, 4) is 0 Å². The van der Waals surface area contributed by atoms with E-state index in [0.717, 1.165) is 12.1 Å². The van der Waals surface area contributed by atoms with Crippen LogP contribution in [-0.2, 0) is 9.53 Å². The van der Waals surface area contributed by atoms with Crippen LogP contribution in [0.5, 0.6) is 0 Å². The quantitative estimate of drug-likeness (QED) is 0.322. The van der Waals surface area contributed by atoms with Crippen molar-refractivity contribution in [3.05, 3.63) is 99.8 Å². The predicted molar refractivity (Wildman–Crippen MR) is 121 cm³/mol. The first-order chi connectivity index (χ1) is 15.3. The Hall–Kier alpha value is -3.22. The van der Waals surface area contributed by atoms with E-state index in [1.807, 2.05) is 0 Å². The fraction of sp³-hybridized carbons (Fsp3) is 0.125. The van der Waals surface area contributed by atoms with Crippen molar-refractivity contribution in [2.75, 3.05) is 11.9 Å². The van der Waals surface area contributed by atoms with Gasteiger partial charge in [0.25, 0.3) is 0 Å². The first kappa shape index (κ1) is 23.4. The van der Waals surface area contributed by atoms with E-state index < -0.39 is 30.2 Å². The third-order valence-corrected chi connectivity index (χ3v) is 5.10. The van der Waals surface area contributed by atoms with Gasteiger partial charge in [-0.15, -0.1) is 0 Å². The molecule has 0 aliphatic carbocycles. The van der Waals surface area contributed by atoms with Crippen LogP contribution in [0.1, 0.15) is 27.1 Å². The number of benzene rings is 3. The van der Waals surface area contributed by atoms with Gasteiger partial charge in [-0.25, -0.2) is 9.18 Å². The van der Waals surface area contributed by atoms with Crippen LogP contribution in [0.25, 0.3) is 0 Å². The van der Waals surface area contributed by atoms with E-state index in [-0.39, 0.29) is 17.8 Å². The molecule has 0 aliphatic rings. The van der Waals surface area contributed by atoms with E-state index in [1.165, 1.54) is 18.2 Å². The van der Waals surface area contributed by atoms with Crippen molar-refractivity contribution >= 4 is 46.4 Å². The topological polar surface area (TPSA) is 72.5 Å². The highest BCUT2D eigenvalue weighted by Crippen LogP contribution is 2.27. The van der Waals surface area contributed by atoms with E-state index in [4.69, 9.17) is 27.9 Å². The molecule has 0 heterocycles. The number of carbonyl (C=O) groups excluding carboxylic acids is 3. The SMILES string of the molecule is O=C(COC(=O)C(CC(=O)c1ccccc1)Nc1cc(Cl)ccc1Cl)c1ccc(F)cc1. The van der Waals surface area contributed by atoms with Gasteiger partial charge >= 0.3 is 5.97 Å². The number of ether oxygens (including phenoxy) is 1. The zero-order chi connectivity index (χ0) is 23.1. The van der Waals surface area contributed by atoms with Crippen LogP contribution < -0.4 is 5.32 Å². The van der Waals surface area contributed by atoms with Crippen LogP contribution >= 0.6 is 23.2 Å². The molecule has 1 unspecified atom stereocenters. The average Bonchev–Trinajstić information content (AvgIpc) is 2.80. The van der Waals surface area contributed by atoms with Gasteiger partial charge < -0.3 is 10.1 Å². The Morgan fingerprint density at radius 2 is 1.53 bits per heavy atom. The molecule has 0 amide bonds. The minimum atomic E-state index is -1.13. The second kappa shape index (κ2) is 10.9. The van der Waals surface area contributed by atoms with Gasteiger partial charge in [0.1, 0.15) is 11.9 Å². The van der Waals surface area contributed by atoms with Gasteiger partial charge in [0.2, 0.25) is 0 Å². The molecule has 0 aromatic heterocycles. The van der Waals surface area contributed by atoms with Crippen molar-refractivity contribution in [1.82, 2.24) is 0 Å². The molecule has 0 radical (unpaired) electrons. The number of rotatable bonds is 9. The van der Waals surface area contributed by atoms with Gasteiger partial charge in [-0.1, -0.05) is 53.5 Å². The van der Waals surface area contributed by atoms with Crippen LogP contribution in [0.15, 0.2) is 72.8 Å². The minimum absolute atomic E-state index is 0.196. The average molecular weight is 474 g/mol. The molecule has 0 saturated carbocycles. The van der Waals surface area contributed by atoms with Crippen LogP contribution in [0, 0.1) is 5.82 Å². The van der Waals surface area contributed by atoms with Gasteiger partial charge in [-0.3, -0.25) is 9.59 Å². The van der Waals surface area contributed by atoms with E-state index in [1.54, 1.807) is 42.5 Å². The molecule has 3 aromatic rings. The maximum atomic E-state index is 13.0. The first-order valence-electron chi connectivity index (χ1n) is 9.58. The zero-order valence-electron chi connectivity index (χ0n) is 16.7. The van der Waals surface area contributed by atoms with Crippen molar-refractivity contribution in [3.63, 3.8) is 0 Å². The summed E-state index contributed by atoms with van der Waals surface area (Å²) >= 11 is 12.2. The molecule has 0 spiro atoms. The predicted octanol–water partition coefficient (Wildman–Crippen LogP) is 5.61. The standard InChI is InChI=1S/C24H18Cl2FNO4/c25-17-8-11-19(26)20(12-17)28-21(13-22(29)15-4-2-1-3-5-15)24(31)32-14-23(30)16-6-9-18(27)10-7-16/h1-12,21,28H,13-14H2. The highest BCUT2D eigenvalue weighted by atomic mass is 35.5. The van der Waals surface area contributed by atoms with Crippen molar-refractivity contribution in [1.29, 1.82) is 0 Å². The maximum Gasteiger partial charge on any atom is 0.329 e. The van der Waals surface area contributed by atoms with Crippen LogP contribution in [0.4, 0.5) is 10.1 Å². The number of esters is 1. The van der Waals surface area contributed by atoms with E-state index in [0.29, 0.717) is 21.3 Å². The lowest BCUT2D eigenvalue weighted by atomic mass is 10.0. The number of carbonyl (C=O) groups is 3. The van der Waals surface area contributed by atoms with Gasteiger partial charge in [-0.05, 0) is 42.5 Å². The van der Waals surface area contributed by atoms with Gasteiger partial charge in [0.05, 0.1) is 10.7 Å². The summed E-state index contributed by atoms with van der Waals surface area (Å²) in [6.07, 6.45) is -0.240. The lowest BCUT2D eigenvalue weighted by Gasteiger charge is -2.19.